The Morgan fingerprint density at radius 3 is 2.56 bits per heavy atom. The molecule has 0 aliphatic heterocycles. The zero-order chi connectivity index (χ0) is 12.8. The number of ether oxygens (including phenoxy) is 1. The molecule has 0 aliphatic carbocycles. The van der Waals surface area contributed by atoms with E-state index in [1.807, 2.05) is 42.5 Å². The summed E-state index contributed by atoms with van der Waals surface area (Å²) in [5.41, 5.74) is 2.50. The van der Waals surface area contributed by atoms with E-state index >= 15 is 0 Å². The monoisotopic (exact) mass is 239 g/mol. The highest BCUT2D eigenvalue weighted by Crippen LogP contribution is 2.16. The van der Waals surface area contributed by atoms with Gasteiger partial charge in [-0.3, -0.25) is 0 Å². The van der Waals surface area contributed by atoms with Crippen molar-refractivity contribution in [2.24, 2.45) is 5.92 Å². The van der Waals surface area contributed by atoms with E-state index < -0.39 is 0 Å². The topological polar surface area (TPSA) is 9.23 Å². The molecule has 0 spiro atoms. The second-order valence-corrected chi connectivity index (χ2v) is 4.87. The lowest BCUT2D eigenvalue weighted by Crippen LogP contribution is -2.03. The fourth-order valence-corrected chi connectivity index (χ4v) is 1.92. The maximum Gasteiger partial charge on any atom is 0.119 e. The fourth-order valence-electron chi connectivity index (χ4n) is 1.92. The highest BCUT2D eigenvalue weighted by Gasteiger charge is 2.05. The van der Waals surface area contributed by atoms with Gasteiger partial charge in [-0.2, -0.15) is 0 Å². The van der Waals surface area contributed by atoms with Gasteiger partial charge in [-0.05, 0) is 41.7 Å². The van der Waals surface area contributed by atoms with Gasteiger partial charge < -0.3 is 4.74 Å². The maximum atomic E-state index is 5.79. The van der Waals surface area contributed by atoms with Gasteiger partial charge in [-0.15, -0.1) is 0 Å². The van der Waals surface area contributed by atoms with E-state index in [-0.39, 0.29) is 0 Å². The summed E-state index contributed by atoms with van der Waals surface area (Å²) in [6, 6.07) is 19.4. The van der Waals surface area contributed by atoms with Crippen LogP contribution in [-0.2, 0) is 13.0 Å². The van der Waals surface area contributed by atoms with Gasteiger partial charge in [0.1, 0.15) is 12.4 Å². The summed E-state index contributed by atoms with van der Waals surface area (Å²) in [4.78, 5) is 0. The lowest BCUT2D eigenvalue weighted by molar-refractivity contribution is 0.304. The van der Waals surface area contributed by atoms with Crippen LogP contribution in [0.1, 0.15) is 25.0 Å². The number of para-hydroxylation sites is 1. The van der Waals surface area contributed by atoms with E-state index in [4.69, 9.17) is 4.74 Å². The summed E-state index contributed by atoms with van der Waals surface area (Å²) in [6.07, 6.45) is 1.05. The first-order valence-electron chi connectivity index (χ1n) is 6.42. The van der Waals surface area contributed by atoms with Crippen LogP contribution in [0.25, 0.3) is 0 Å². The minimum absolute atomic E-state index is 0.614. The van der Waals surface area contributed by atoms with Crippen molar-refractivity contribution in [1.29, 1.82) is 0 Å². The third kappa shape index (κ3) is 3.63. The molecule has 1 heteroatoms. The van der Waals surface area contributed by atoms with Gasteiger partial charge >= 0.3 is 0 Å². The quantitative estimate of drug-likeness (QED) is 0.757. The molecule has 93 valence electrons. The van der Waals surface area contributed by atoms with Gasteiger partial charge in [-0.1, -0.05) is 50.2 Å². The third-order valence-corrected chi connectivity index (χ3v) is 2.79. The summed E-state index contributed by atoms with van der Waals surface area (Å²) >= 11 is 0. The van der Waals surface area contributed by atoms with E-state index in [1.165, 1.54) is 11.1 Å². The molecule has 0 amide bonds. The minimum Gasteiger partial charge on any atom is -0.489 e. The van der Waals surface area contributed by atoms with Crippen LogP contribution in [0, 0.1) is 12.0 Å². The Morgan fingerprint density at radius 1 is 1.06 bits per heavy atom. The van der Waals surface area contributed by atoms with Crippen molar-refractivity contribution in [2.45, 2.75) is 26.9 Å². The molecular weight excluding hydrogens is 220 g/mol. The van der Waals surface area contributed by atoms with Gasteiger partial charge in [0.2, 0.25) is 0 Å². The summed E-state index contributed by atoms with van der Waals surface area (Å²) in [6.45, 7) is 5.06. The second kappa shape index (κ2) is 6.25. The molecule has 1 radical (unpaired) electrons. The largest absolute Gasteiger partial charge is 0.489 e. The maximum absolute atomic E-state index is 5.79. The van der Waals surface area contributed by atoms with Crippen LogP contribution in [0.5, 0.6) is 5.75 Å². The van der Waals surface area contributed by atoms with Crippen LogP contribution < -0.4 is 4.74 Å². The average molecular weight is 239 g/mol. The molecule has 0 fully saturated rings. The van der Waals surface area contributed by atoms with Crippen LogP contribution in [0.4, 0.5) is 0 Å². The number of rotatable bonds is 5. The highest BCUT2D eigenvalue weighted by molar-refractivity contribution is 5.27. The average Bonchev–Trinajstić information content (AvgIpc) is 2.38. The molecule has 0 bridgehead atoms. The Kier molecular flexibility index (Phi) is 4.40. The van der Waals surface area contributed by atoms with Gasteiger partial charge in [-0.25, -0.2) is 0 Å². The molecule has 1 nitrogen and oxygen atoms in total. The van der Waals surface area contributed by atoms with Gasteiger partial charge in [0.05, 0.1) is 0 Å². The zero-order valence-electron chi connectivity index (χ0n) is 11.0. The van der Waals surface area contributed by atoms with Gasteiger partial charge in [0.15, 0.2) is 0 Å². The number of benzene rings is 2. The first-order chi connectivity index (χ1) is 8.75. The molecule has 0 heterocycles. The molecule has 0 N–H and O–H groups in total. The van der Waals surface area contributed by atoms with Crippen molar-refractivity contribution in [3.05, 3.63) is 65.7 Å². The van der Waals surface area contributed by atoms with E-state index in [0.717, 1.165) is 12.2 Å². The fraction of sp³-hybridized carbons (Fsp3) is 0.294. The molecular formula is C17H19O. The summed E-state index contributed by atoms with van der Waals surface area (Å²) in [5.74, 6) is 1.55. The van der Waals surface area contributed by atoms with E-state index in [1.54, 1.807) is 0 Å². The van der Waals surface area contributed by atoms with Crippen molar-refractivity contribution >= 4 is 0 Å². The molecule has 2 aromatic rings. The van der Waals surface area contributed by atoms with Crippen molar-refractivity contribution in [1.82, 2.24) is 0 Å². The first-order valence-corrected chi connectivity index (χ1v) is 6.42. The molecule has 0 saturated heterocycles. The molecule has 2 rings (SSSR count). The van der Waals surface area contributed by atoms with Crippen molar-refractivity contribution in [3.8, 4) is 5.75 Å². The van der Waals surface area contributed by atoms with Crippen molar-refractivity contribution in [3.63, 3.8) is 0 Å². The van der Waals surface area contributed by atoms with Crippen LogP contribution in [-0.4, -0.2) is 0 Å². The molecule has 18 heavy (non-hydrogen) atoms. The van der Waals surface area contributed by atoms with E-state index in [2.05, 4.69) is 26.0 Å². The SMILES string of the molecule is CC(C)Cc1[c]cccc1COc1ccccc1. The molecule has 2 aromatic carbocycles. The zero-order valence-corrected chi connectivity index (χ0v) is 11.0. The predicted molar refractivity (Wildman–Crippen MR) is 74.6 cm³/mol. The summed E-state index contributed by atoms with van der Waals surface area (Å²) < 4.78 is 5.79. The lowest BCUT2D eigenvalue weighted by atomic mass is 9.98. The Labute approximate surface area is 109 Å². The second-order valence-electron chi connectivity index (χ2n) is 4.87. The molecule has 0 unspecified atom stereocenters. The minimum atomic E-state index is 0.614. The summed E-state index contributed by atoms with van der Waals surface area (Å²) in [7, 11) is 0. The molecule has 0 saturated carbocycles. The van der Waals surface area contributed by atoms with Crippen LogP contribution in [0.15, 0.2) is 48.5 Å². The Bertz CT molecular complexity index is 474. The normalized spacial score (nSPS) is 10.6. The van der Waals surface area contributed by atoms with Crippen LogP contribution in [0.2, 0.25) is 0 Å². The highest BCUT2D eigenvalue weighted by atomic mass is 16.5. The summed E-state index contributed by atoms with van der Waals surface area (Å²) in [5, 5.41) is 0. The molecule has 0 atom stereocenters. The third-order valence-electron chi connectivity index (χ3n) is 2.79. The van der Waals surface area contributed by atoms with E-state index in [9.17, 15) is 0 Å². The van der Waals surface area contributed by atoms with Crippen LogP contribution >= 0.6 is 0 Å². The predicted octanol–water partition coefficient (Wildman–Crippen LogP) is 4.26. The molecule has 0 aromatic heterocycles. The van der Waals surface area contributed by atoms with Gasteiger partial charge in [0.25, 0.3) is 0 Å². The number of hydrogen-bond acceptors (Lipinski definition) is 1. The Hall–Kier alpha value is -1.76. The van der Waals surface area contributed by atoms with Crippen molar-refractivity contribution < 1.29 is 4.74 Å². The smallest absolute Gasteiger partial charge is 0.119 e. The lowest BCUT2D eigenvalue weighted by Gasteiger charge is -2.12. The molecule has 0 aliphatic rings. The number of hydrogen-bond donors (Lipinski definition) is 0. The van der Waals surface area contributed by atoms with Crippen molar-refractivity contribution in [2.75, 3.05) is 0 Å². The van der Waals surface area contributed by atoms with Crippen LogP contribution in [0.3, 0.4) is 0 Å². The van der Waals surface area contributed by atoms with Gasteiger partial charge in [0, 0.05) is 0 Å². The standard InChI is InChI=1S/C17H19O/c1-14(2)12-15-8-6-7-9-16(15)13-18-17-10-4-3-5-11-17/h3-7,9-11,14H,12-13H2,1-2H3. The Balaban J connectivity index is 2.05. The van der Waals surface area contributed by atoms with E-state index in [0.29, 0.717) is 12.5 Å². The first kappa shape index (κ1) is 12.7. The Morgan fingerprint density at radius 2 is 1.83 bits per heavy atom.